The lowest BCUT2D eigenvalue weighted by Gasteiger charge is -2.23. The van der Waals surface area contributed by atoms with Gasteiger partial charge >= 0.3 is 0 Å². The lowest BCUT2D eigenvalue weighted by atomic mass is 10.2. The van der Waals surface area contributed by atoms with Gasteiger partial charge in [-0.15, -0.1) is 0 Å². The third-order valence-corrected chi connectivity index (χ3v) is 2.95. The number of nitrogen functional groups attached to an aromatic ring is 1. The number of nitrogens with zero attached hydrogens (tertiary/aromatic N) is 3. The highest BCUT2D eigenvalue weighted by Gasteiger charge is 2.25. The molecule has 0 unspecified atom stereocenters. The van der Waals surface area contributed by atoms with Gasteiger partial charge in [0.2, 0.25) is 0 Å². The number of aromatic nitrogens is 2. The summed E-state index contributed by atoms with van der Waals surface area (Å²) < 4.78 is 0. The van der Waals surface area contributed by atoms with Gasteiger partial charge in [-0.1, -0.05) is 0 Å². The fraction of sp³-hybridized carbons (Fsp3) is 0.636. The van der Waals surface area contributed by atoms with Gasteiger partial charge in [-0.25, -0.2) is 9.97 Å². The van der Waals surface area contributed by atoms with Crippen LogP contribution in [0.2, 0.25) is 0 Å². The molecule has 0 spiro atoms. The Bertz CT molecular complexity index is 346. The molecule has 0 atom stereocenters. The minimum atomic E-state index is 0.592. The second-order valence-electron chi connectivity index (χ2n) is 4.19. The Morgan fingerprint density at radius 3 is 2.80 bits per heavy atom. The molecule has 1 aliphatic rings. The summed E-state index contributed by atoms with van der Waals surface area (Å²) in [7, 11) is 0. The Labute approximate surface area is 90.5 Å². The van der Waals surface area contributed by atoms with Crippen LogP contribution in [0.25, 0.3) is 0 Å². The molecule has 4 nitrogen and oxygen atoms in total. The predicted molar refractivity (Wildman–Crippen MR) is 61.8 cm³/mol. The largest absolute Gasteiger partial charge is 0.383 e. The third-order valence-electron chi connectivity index (χ3n) is 2.95. The Morgan fingerprint density at radius 2 is 2.20 bits per heavy atom. The van der Waals surface area contributed by atoms with Crippen LogP contribution < -0.4 is 10.6 Å². The first-order valence-electron chi connectivity index (χ1n) is 5.54. The lowest BCUT2D eigenvalue weighted by molar-refractivity contribution is 0.728. The van der Waals surface area contributed by atoms with Crippen molar-refractivity contribution >= 4 is 11.6 Å². The van der Waals surface area contributed by atoms with Crippen LogP contribution in [0.5, 0.6) is 0 Å². The van der Waals surface area contributed by atoms with Crippen LogP contribution in [0.15, 0.2) is 6.33 Å². The fourth-order valence-electron chi connectivity index (χ4n) is 1.75. The molecule has 0 saturated heterocycles. The van der Waals surface area contributed by atoms with Crippen molar-refractivity contribution in [3.8, 4) is 0 Å². The standard InChI is InChI=1S/C11H18N4/c1-3-15(6-9-4-5-9)11-8(2)10(12)13-7-14-11/h7,9H,3-6H2,1-2H3,(H2,12,13,14). The van der Waals surface area contributed by atoms with Crippen molar-refractivity contribution in [1.29, 1.82) is 0 Å². The predicted octanol–water partition coefficient (Wildman–Crippen LogP) is 1.60. The Kier molecular flexibility index (Phi) is 2.75. The lowest BCUT2D eigenvalue weighted by Crippen LogP contribution is -2.27. The van der Waals surface area contributed by atoms with Gasteiger partial charge in [0.25, 0.3) is 0 Å². The van der Waals surface area contributed by atoms with E-state index in [-0.39, 0.29) is 0 Å². The Morgan fingerprint density at radius 1 is 1.47 bits per heavy atom. The highest BCUT2D eigenvalue weighted by atomic mass is 15.2. The van der Waals surface area contributed by atoms with E-state index in [0.29, 0.717) is 5.82 Å². The van der Waals surface area contributed by atoms with E-state index in [4.69, 9.17) is 5.73 Å². The van der Waals surface area contributed by atoms with Crippen molar-refractivity contribution in [2.45, 2.75) is 26.7 Å². The van der Waals surface area contributed by atoms with Crippen LogP contribution in [-0.2, 0) is 0 Å². The third kappa shape index (κ3) is 2.19. The number of rotatable bonds is 4. The van der Waals surface area contributed by atoms with Crippen LogP contribution in [-0.4, -0.2) is 23.1 Å². The second kappa shape index (κ2) is 4.04. The molecule has 0 bridgehead atoms. The smallest absolute Gasteiger partial charge is 0.137 e. The van der Waals surface area contributed by atoms with E-state index in [0.717, 1.165) is 30.4 Å². The minimum Gasteiger partial charge on any atom is -0.383 e. The van der Waals surface area contributed by atoms with E-state index in [2.05, 4.69) is 21.8 Å². The molecule has 1 aromatic rings. The van der Waals surface area contributed by atoms with Crippen LogP contribution in [0.1, 0.15) is 25.3 Å². The minimum absolute atomic E-state index is 0.592. The summed E-state index contributed by atoms with van der Waals surface area (Å²) in [5.41, 5.74) is 6.78. The topological polar surface area (TPSA) is 55.0 Å². The Balaban J connectivity index is 2.20. The van der Waals surface area contributed by atoms with E-state index in [1.54, 1.807) is 6.33 Å². The molecule has 1 aromatic heterocycles. The quantitative estimate of drug-likeness (QED) is 0.813. The zero-order chi connectivity index (χ0) is 10.8. The first-order chi connectivity index (χ1) is 7.22. The molecule has 0 aromatic carbocycles. The average molecular weight is 206 g/mol. The summed E-state index contributed by atoms with van der Waals surface area (Å²) >= 11 is 0. The molecular formula is C11H18N4. The van der Waals surface area contributed by atoms with Gasteiger partial charge in [-0.3, -0.25) is 0 Å². The number of hydrogen-bond donors (Lipinski definition) is 1. The molecule has 1 heterocycles. The van der Waals surface area contributed by atoms with Crippen molar-refractivity contribution in [3.05, 3.63) is 11.9 Å². The highest BCUT2D eigenvalue weighted by molar-refractivity contribution is 5.55. The summed E-state index contributed by atoms with van der Waals surface area (Å²) in [5.74, 6) is 2.45. The van der Waals surface area contributed by atoms with Crippen LogP contribution >= 0.6 is 0 Å². The summed E-state index contributed by atoms with van der Waals surface area (Å²) in [6, 6.07) is 0. The van der Waals surface area contributed by atoms with E-state index in [1.807, 2.05) is 6.92 Å². The van der Waals surface area contributed by atoms with E-state index >= 15 is 0 Å². The highest BCUT2D eigenvalue weighted by Crippen LogP contribution is 2.31. The first kappa shape index (κ1) is 10.2. The van der Waals surface area contributed by atoms with Crippen molar-refractivity contribution in [2.75, 3.05) is 23.7 Å². The molecule has 1 saturated carbocycles. The van der Waals surface area contributed by atoms with E-state index < -0.39 is 0 Å². The molecule has 2 rings (SSSR count). The van der Waals surface area contributed by atoms with Gasteiger partial charge in [0.15, 0.2) is 0 Å². The van der Waals surface area contributed by atoms with Gasteiger partial charge in [0, 0.05) is 18.7 Å². The van der Waals surface area contributed by atoms with E-state index in [9.17, 15) is 0 Å². The van der Waals surface area contributed by atoms with Crippen LogP contribution in [0.4, 0.5) is 11.6 Å². The zero-order valence-corrected chi connectivity index (χ0v) is 9.40. The maximum absolute atomic E-state index is 5.78. The molecular weight excluding hydrogens is 188 g/mol. The molecule has 4 heteroatoms. The summed E-state index contributed by atoms with van der Waals surface area (Å²) in [5, 5.41) is 0. The van der Waals surface area contributed by atoms with Gasteiger partial charge in [-0.05, 0) is 32.6 Å². The molecule has 0 radical (unpaired) electrons. The van der Waals surface area contributed by atoms with Crippen molar-refractivity contribution in [2.24, 2.45) is 5.92 Å². The summed E-state index contributed by atoms with van der Waals surface area (Å²) in [4.78, 5) is 10.6. The molecule has 2 N–H and O–H groups in total. The van der Waals surface area contributed by atoms with E-state index in [1.165, 1.54) is 12.8 Å². The maximum atomic E-state index is 5.78. The normalized spacial score (nSPS) is 15.3. The van der Waals surface area contributed by atoms with Gasteiger partial charge < -0.3 is 10.6 Å². The van der Waals surface area contributed by atoms with Crippen LogP contribution in [0, 0.1) is 12.8 Å². The summed E-state index contributed by atoms with van der Waals surface area (Å²) in [6.07, 6.45) is 4.26. The van der Waals surface area contributed by atoms with Gasteiger partial charge in [-0.2, -0.15) is 0 Å². The van der Waals surface area contributed by atoms with Crippen LogP contribution in [0.3, 0.4) is 0 Å². The number of nitrogens with two attached hydrogens (primary N) is 1. The maximum Gasteiger partial charge on any atom is 0.137 e. The molecule has 1 fully saturated rings. The number of hydrogen-bond acceptors (Lipinski definition) is 4. The molecule has 0 amide bonds. The van der Waals surface area contributed by atoms with Crippen molar-refractivity contribution in [3.63, 3.8) is 0 Å². The molecule has 82 valence electrons. The monoisotopic (exact) mass is 206 g/mol. The number of anilines is 2. The second-order valence-corrected chi connectivity index (χ2v) is 4.19. The summed E-state index contributed by atoms with van der Waals surface area (Å²) in [6.45, 7) is 6.22. The molecule has 1 aliphatic carbocycles. The molecule has 0 aliphatic heterocycles. The fourth-order valence-corrected chi connectivity index (χ4v) is 1.75. The average Bonchev–Trinajstić information content (AvgIpc) is 3.03. The van der Waals surface area contributed by atoms with Gasteiger partial charge in [0.1, 0.15) is 18.0 Å². The first-order valence-corrected chi connectivity index (χ1v) is 5.54. The van der Waals surface area contributed by atoms with Gasteiger partial charge in [0.05, 0.1) is 0 Å². The molecule has 15 heavy (non-hydrogen) atoms. The van der Waals surface area contributed by atoms with Crippen molar-refractivity contribution < 1.29 is 0 Å². The Hall–Kier alpha value is -1.32. The SMILES string of the molecule is CCN(CC1CC1)c1ncnc(N)c1C. The van der Waals surface area contributed by atoms with Crippen molar-refractivity contribution in [1.82, 2.24) is 9.97 Å². The zero-order valence-electron chi connectivity index (χ0n) is 9.40.